The number of hydrogen-bond acceptors (Lipinski definition) is 24. The average Bonchev–Trinajstić information content (AvgIpc) is 3.19. The van der Waals surface area contributed by atoms with Crippen molar-refractivity contribution < 1.29 is 119 Å². The maximum Gasteiger partial charge on any atom is 0.217 e. The molecule has 0 bridgehead atoms. The van der Waals surface area contributed by atoms with Crippen molar-refractivity contribution in [3.05, 3.63) is 0 Å². The van der Waals surface area contributed by atoms with Crippen LogP contribution in [0.1, 0.15) is 20.8 Å². The largest absolute Gasteiger partial charge is 0.394 e. The Balaban J connectivity index is 1.45. The third kappa shape index (κ3) is 10.5. The quantitative estimate of drug-likeness (QED) is 0.0817. The summed E-state index contributed by atoms with van der Waals surface area (Å²) in [6, 6.07) is -3.25. The summed E-state index contributed by atoms with van der Waals surface area (Å²) in [4.78, 5) is 24.8. The summed E-state index contributed by atoms with van der Waals surface area (Å²) in [5.74, 6) is -1.52. The maximum atomic E-state index is 12.6. The fourth-order valence-corrected chi connectivity index (χ4v) is 7.48. The summed E-state index contributed by atoms with van der Waals surface area (Å²) in [5, 5.41) is 142. The van der Waals surface area contributed by atoms with E-state index in [2.05, 4.69) is 10.6 Å². The first-order chi connectivity index (χ1) is 27.8. The Morgan fingerprint density at radius 3 is 1.64 bits per heavy atom. The van der Waals surface area contributed by atoms with Gasteiger partial charge in [-0.2, -0.15) is 0 Å². The van der Waals surface area contributed by atoms with Crippen molar-refractivity contribution in [2.75, 3.05) is 26.4 Å². The van der Waals surface area contributed by atoms with E-state index in [0.717, 1.165) is 13.8 Å². The highest BCUT2D eigenvalue weighted by Gasteiger charge is 2.57. The van der Waals surface area contributed by atoms with E-state index < -0.39 is 186 Å². The second-order valence-electron chi connectivity index (χ2n) is 15.0. The molecule has 26 nitrogen and oxygen atoms in total. The molecular formula is C33H56N2O24. The van der Waals surface area contributed by atoms with Gasteiger partial charge >= 0.3 is 0 Å². The first-order valence-electron chi connectivity index (χ1n) is 18.9. The lowest BCUT2D eigenvalue weighted by Gasteiger charge is -2.51. The summed E-state index contributed by atoms with van der Waals surface area (Å²) < 4.78 is 51.8. The molecule has 0 spiro atoms. The van der Waals surface area contributed by atoms with Gasteiger partial charge in [0.25, 0.3) is 0 Å². The molecular weight excluding hydrogens is 808 g/mol. The minimum absolute atomic E-state index is 0.528. The van der Waals surface area contributed by atoms with E-state index in [1.54, 1.807) is 0 Å². The Bertz CT molecular complexity index is 1370. The highest BCUT2D eigenvalue weighted by Crippen LogP contribution is 2.36. The van der Waals surface area contributed by atoms with Gasteiger partial charge in [-0.25, -0.2) is 0 Å². The van der Waals surface area contributed by atoms with E-state index >= 15 is 0 Å². The normalized spacial score (nSPS) is 49.6. The third-order valence-electron chi connectivity index (χ3n) is 10.7. The summed E-state index contributed by atoms with van der Waals surface area (Å²) in [6.45, 7) is 0.185. The highest BCUT2D eigenvalue weighted by atomic mass is 16.8. The molecule has 0 aliphatic carbocycles. The van der Waals surface area contributed by atoms with Crippen LogP contribution in [0, 0.1) is 0 Å². The van der Waals surface area contributed by atoms with Crippen molar-refractivity contribution >= 4 is 11.8 Å². The summed E-state index contributed by atoms with van der Waals surface area (Å²) >= 11 is 0. The minimum atomic E-state index is -1.97. The second-order valence-corrected chi connectivity index (χ2v) is 15.0. The number of amides is 2. The van der Waals surface area contributed by atoms with Crippen molar-refractivity contribution in [3.63, 3.8) is 0 Å². The number of nitrogens with one attached hydrogen (secondary N) is 2. The molecule has 24 atom stereocenters. The van der Waals surface area contributed by atoms with Crippen LogP contribution in [0.3, 0.4) is 0 Å². The standard InChI is InChI=1S/C33H56N2O24/c1-8-17(42)21(46)24(49)32(52-8)58-27-16(35-10(3)40)29(50)53-14(6-38)26(27)57-30-15(34-9(2)39)20(45)25(13(5-37)55-30)56-33-28(22(47)19(44)12(4-36)54-33)59-31-23(48)18(43)11(41)7-51-31/h8,11-33,36-38,41-50H,4-7H2,1-3H3,(H,34,39)(H,35,40)/t8-,11+,12+,13-,14-,15-,16-,17+,18-,19+,20-,21+,22-,23+,24-,25-,26-,27-,28-,29-,30+,31-,32-,33-/m1/s1. The number of aliphatic hydroxyl groups excluding tert-OH is 13. The first-order valence-corrected chi connectivity index (χ1v) is 18.9. The fraction of sp³-hybridized carbons (Fsp3) is 0.939. The van der Waals surface area contributed by atoms with E-state index in [1.807, 2.05) is 0 Å². The van der Waals surface area contributed by atoms with Crippen LogP contribution in [0.4, 0.5) is 0 Å². The number of aliphatic hydroxyl groups is 13. The molecule has 5 aliphatic heterocycles. The number of carbonyl (C=O) groups is 2. The Labute approximate surface area is 335 Å². The molecule has 0 aromatic heterocycles. The summed E-state index contributed by atoms with van der Waals surface area (Å²) in [7, 11) is 0. The SMILES string of the molecule is CC(=O)N[C@@H]1[C@@H](O[C@H]2O[C@H](C)[C@H](O)[C@H](O)[C@H]2O)[C@H](O[C@@H]2O[C@H](CO)[C@@H](O[C@H]3O[C@@H](CO)[C@H](O)[C@@H](O)[C@H]3O[C@H]3OC[C@H](O)[C@@H](O)[C@@H]3O)[C@H](O)[C@H]2NC(C)=O)[C@@H](CO)O[C@H]1O. The molecule has 59 heavy (non-hydrogen) atoms. The Morgan fingerprint density at radius 1 is 0.508 bits per heavy atom. The van der Waals surface area contributed by atoms with Crippen LogP contribution in [-0.2, 0) is 52.2 Å². The van der Waals surface area contributed by atoms with Crippen molar-refractivity contribution in [1.29, 1.82) is 0 Å². The number of hydrogen-bond donors (Lipinski definition) is 15. The predicted molar refractivity (Wildman–Crippen MR) is 182 cm³/mol. The molecule has 0 unspecified atom stereocenters. The van der Waals surface area contributed by atoms with Crippen LogP contribution in [0.5, 0.6) is 0 Å². The van der Waals surface area contributed by atoms with Gasteiger partial charge in [0, 0.05) is 13.8 Å². The molecule has 5 aliphatic rings. The van der Waals surface area contributed by atoms with Gasteiger partial charge in [-0.3, -0.25) is 9.59 Å². The topological polar surface area (TPSA) is 404 Å². The molecule has 5 rings (SSSR count). The molecule has 0 aromatic carbocycles. The molecule has 5 saturated heterocycles. The lowest BCUT2D eigenvalue weighted by Crippen LogP contribution is -2.71. The van der Waals surface area contributed by atoms with Gasteiger partial charge in [-0.05, 0) is 6.92 Å². The van der Waals surface area contributed by atoms with E-state index in [1.165, 1.54) is 6.92 Å². The van der Waals surface area contributed by atoms with Crippen LogP contribution in [0.15, 0.2) is 0 Å². The van der Waals surface area contributed by atoms with Gasteiger partial charge in [0.1, 0.15) is 110 Å². The van der Waals surface area contributed by atoms with Crippen molar-refractivity contribution in [2.24, 2.45) is 0 Å². The monoisotopic (exact) mass is 864 g/mol. The Hall–Kier alpha value is -1.94. The molecule has 342 valence electrons. The van der Waals surface area contributed by atoms with Gasteiger partial charge in [0.2, 0.25) is 11.8 Å². The molecule has 5 heterocycles. The van der Waals surface area contributed by atoms with Gasteiger partial charge in [0.15, 0.2) is 31.5 Å². The summed E-state index contributed by atoms with van der Waals surface area (Å²) in [6.07, 6.45) is -38.2. The zero-order chi connectivity index (χ0) is 43.6. The van der Waals surface area contributed by atoms with Gasteiger partial charge < -0.3 is 120 Å². The zero-order valence-corrected chi connectivity index (χ0v) is 32.0. The molecule has 2 amide bonds. The molecule has 15 N–H and O–H groups in total. The van der Waals surface area contributed by atoms with E-state index in [9.17, 15) is 76.0 Å². The second kappa shape index (κ2) is 20.5. The fourth-order valence-electron chi connectivity index (χ4n) is 7.48. The number of rotatable bonds is 13. The minimum Gasteiger partial charge on any atom is -0.394 e. The first kappa shape index (κ1) is 48.1. The van der Waals surface area contributed by atoms with Gasteiger partial charge in [-0.15, -0.1) is 0 Å². The molecule has 0 radical (unpaired) electrons. The number of ether oxygens (including phenoxy) is 9. The smallest absolute Gasteiger partial charge is 0.217 e. The van der Waals surface area contributed by atoms with E-state index in [0.29, 0.717) is 0 Å². The van der Waals surface area contributed by atoms with Crippen molar-refractivity contribution in [3.8, 4) is 0 Å². The van der Waals surface area contributed by atoms with Crippen molar-refractivity contribution in [2.45, 2.75) is 168 Å². The lowest BCUT2D eigenvalue weighted by atomic mass is 9.93. The molecule has 0 aromatic rings. The Kier molecular flexibility index (Phi) is 16.7. The summed E-state index contributed by atoms with van der Waals surface area (Å²) in [5.41, 5.74) is 0. The lowest BCUT2D eigenvalue weighted by molar-refractivity contribution is -0.386. The molecule has 0 saturated carbocycles. The average molecular weight is 865 g/mol. The predicted octanol–water partition coefficient (Wildman–Crippen LogP) is -9.97. The maximum absolute atomic E-state index is 12.6. The molecule has 5 fully saturated rings. The van der Waals surface area contributed by atoms with E-state index in [-0.39, 0.29) is 0 Å². The third-order valence-corrected chi connectivity index (χ3v) is 10.7. The van der Waals surface area contributed by atoms with Gasteiger partial charge in [-0.1, -0.05) is 0 Å². The van der Waals surface area contributed by atoms with Crippen LogP contribution in [0.2, 0.25) is 0 Å². The van der Waals surface area contributed by atoms with Crippen LogP contribution < -0.4 is 10.6 Å². The number of carbonyl (C=O) groups excluding carboxylic acids is 2. The van der Waals surface area contributed by atoms with Crippen molar-refractivity contribution in [1.82, 2.24) is 10.6 Å². The highest BCUT2D eigenvalue weighted by molar-refractivity contribution is 5.73. The van der Waals surface area contributed by atoms with Crippen LogP contribution >= 0.6 is 0 Å². The Morgan fingerprint density at radius 2 is 1.03 bits per heavy atom. The molecule has 26 heteroatoms. The van der Waals surface area contributed by atoms with Crippen LogP contribution in [-0.4, -0.2) is 252 Å². The zero-order valence-electron chi connectivity index (χ0n) is 32.0. The van der Waals surface area contributed by atoms with E-state index in [4.69, 9.17) is 42.6 Å². The van der Waals surface area contributed by atoms with Crippen LogP contribution in [0.25, 0.3) is 0 Å². The van der Waals surface area contributed by atoms with Gasteiger partial charge in [0.05, 0.1) is 32.5 Å².